The third kappa shape index (κ3) is 4.40. The van der Waals surface area contributed by atoms with Gasteiger partial charge in [0.2, 0.25) is 11.9 Å². The SMILES string of the molecule is CCOc1ccc(NC(=O)COc2cccc([C@H]3CC(=O)Nc4ncnn43)c2)cc1. The quantitative estimate of drug-likeness (QED) is 0.623. The molecular formula is C21H21N5O4. The molecule has 0 radical (unpaired) electrons. The van der Waals surface area contributed by atoms with E-state index < -0.39 is 0 Å². The Balaban J connectivity index is 1.38. The summed E-state index contributed by atoms with van der Waals surface area (Å²) in [6.45, 7) is 2.36. The van der Waals surface area contributed by atoms with Crippen molar-refractivity contribution in [2.45, 2.75) is 19.4 Å². The van der Waals surface area contributed by atoms with Crippen molar-refractivity contribution in [3.8, 4) is 11.5 Å². The molecule has 30 heavy (non-hydrogen) atoms. The lowest BCUT2D eigenvalue weighted by Gasteiger charge is -2.24. The van der Waals surface area contributed by atoms with E-state index in [1.807, 2.05) is 19.1 Å². The average Bonchev–Trinajstić information content (AvgIpc) is 3.22. The van der Waals surface area contributed by atoms with Crippen LogP contribution in [0.1, 0.15) is 24.9 Å². The Kier molecular flexibility index (Phi) is 5.60. The number of aromatic nitrogens is 3. The lowest BCUT2D eigenvalue weighted by Crippen LogP contribution is -2.29. The molecule has 3 aromatic rings. The molecule has 2 heterocycles. The molecule has 154 valence electrons. The molecular weight excluding hydrogens is 386 g/mol. The lowest BCUT2D eigenvalue weighted by atomic mass is 10.0. The third-order valence-corrected chi connectivity index (χ3v) is 4.56. The summed E-state index contributed by atoms with van der Waals surface area (Å²) in [5.41, 5.74) is 1.51. The monoisotopic (exact) mass is 407 g/mol. The van der Waals surface area contributed by atoms with Gasteiger partial charge in [-0.3, -0.25) is 14.9 Å². The molecule has 1 aliphatic rings. The van der Waals surface area contributed by atoms with E-state index in [9.17, 15) is 9.59 Å². The Labute approximate surface area is 173 Å². The first-order valence-electron chi connectivity index (χ1n) is 9.57. The second-order valence-electron chi connectivity index (χ2n) is 6.66. The first-order valence-corrected chi connectivity index (χ1v) is 9.57. The number of hydrogen-bond acceptors (Lipinski definition) is 6. The maximum absolute atomic E-state index is 12.2. The van der Waals surface area contributed by atoms with Crippen molar-refractivity contribution < 1.29 is 19.1 Å². The van der Waals surface area contributed by atoms with E-state index in [0.29, 0.717) is 24.0 Å². The first kappa shape index (κ1) is 19.4. The topological polar surface area (TPSA) is 107 Å². The van der Waals surface area contributed by atoms with Crippen molar-refractivity contribution in [2.75, 3.05) is 23.8 Å². The van der Waals surface area contributed by atoms with Crippen LogP contribution in [0.5, 0.6) is 11.5 Å². The van der Waals surface area contributed by atoms with Crippen LogP contribution in [0.25, 0.3) is 0 Å². The highest BCUT2D eigenvalue weighted by Gasteiger charge is 2.27. The number of carbonyl (C=O) groups is 2. The van der Waals surface area contributed by atoms with Gasteiger partial charge in [-0.15, -0.1) is 0 Å². The van der Waals surface area contributed by atoms with Gasteiger partial charge < -0.3 is 14.8 Å². The molecule has 9 nitrogen and oxygen atoms in total. The number of nitrogens with zero attached hydrogens (tertiary/aromatic N) is 3. The van der Waals surface area contributed by atoms with Gasteiger partial charge in [0.05, 0.1) is 19.1 Å². The maximum atomic E-state index is 12.2. The van der Waals surface area contributed by atoms with E-state index >= 15 is 0 Å². The van der Waals surface area contributed by atoms with Gasteiger partial charge in [0.1, 0.15) is 17.8 Å². The number of fused-ring (bicyclic) bond motifs is 1. The number of ether oxygens (including phenoxy) is 2. The van der Waals surface area contributed by atoms with Crippen molar-refractivity contribution in [3.63, 3.8) is 0 Å². The maximum Gasteiger partial charge on any atom is 0.262 e. The van der Waals surface area contributed by atoms with Gasteiger partial charge in [-0.2, -0.15) is 10.1 Å². The highest BCUT2D eigenvalue weighted by Crippen LogP contribution is 2.30. The highest BCUT2D eigenvalue weighted by atomic mass is 16.5. The number of anilines is 2. The zero-order valence-corrected chi connectivity index (χ0v) is 16.4. The minimum Gasteiger partial charge on any atom is -0.494 e. The van der Waals surface area contributed by atoms with Crippen LogP contribution in [-0.4, -0.2) is 39.8 Å². The normalized spacial score (nSPS) is 15.1. The van der Waals surface area contributed by atoms with Crippen LogP contribution >= 0.6 is 0 Å². The van der Waals surface area contributed by atoms with E-state index in [1.54, 1.807) is 41.1 Å². The standard InChI is InChI=1S/C21H21N5O4/c1-2-29-16-8-6-15(7-9-16)24-20(28)12-30-17-5-3-4-14(10-17)18-11-19(27)25-21-22-13-23-26(18)21/h3-10,13,18H,2,11-12H2,1H3,(H,24,28)(H,22,23,25,27)/t18-/m1/s1. The number of carbonyl (C=O) groups excluding carboxylic acids is 2. The molecule has 0 bridgehead atoms. The van der Waals surface area contributed by atoms with Gasteiger partial charge in [0, 0.05) is 5.69 Å². The van der Waals surface area contributed by atoms with Gasteiger partial charge in [-0.1, -0.05) is 12.1 Å². The first-order chi connectivity index (χ1) is 14.6. The van der Waals surface area contributed by atoms with Gasteiger partial charge in [-0.05, 0) is 48.9 Å². The van der Waals surface area contributed by atoms with Crippen LogP contribution in [0.3, 0.4) is 0 Å². The molecule has 2 aromatic carbocycles. The number of rotatable bonds is 7. The van der Waals surface area contributed by atoms with Crippen LogP contribution in [-0.2, 0) is 9.59 Å². The highest BCUT2D eigenvalue weighted by molar-refractivity contribution is 5.92. The fourth-order valence-electron chi connectivity index (χ4n) is 3.22. The molecule has 0 spiro atoms. The summed E-state index contributed by atoms with van der Waals surface area (Å²) in [6, 6.07) is 14.1. The molecule has 0 fully saturated rings. The molecule has 4 rings (SSSR count). The minimum absolute atomic E-state index is 0.124. The summed E-state index contributed by atoms with van der Waals surface area (Å²) < 4.78 is 12.7. The molecule has 2 N–H and O–H groups in total. The van der Waals surface area contributed by atoms with Crippen molar-refractivity contribution in [3.05, 3.63) is 60.4 Å². The fourth-order valence-corrected chi connectivity index (χ4v) is 3.22. The zero-order chi connectivity index (χ0) is 20.9. The summed E-state index contributed by atoms with van der Waals surface area (Å²) in [5.74, 6) is 1.29. The Morgan fingerprint density at radius 3 is 2.83 bits per heavy atom. The zero-order valence-electron chi connectivity index (χ0n) is 16.4. The van der Waals surface area contributed by atoms with E-state index in [-0.39, 0.29) is 30.9 Å². The molecule has 0 saturated carbocycles. The van der Waals surface area contributed by atoms with Gasteiger partial charge in [0.25, 0.3) is 5.91 Å². The van der Waals surface area contributed by atoms with Crippen LogP contribution in [0.4, 0.5) is 11.6 Å². The molecule has 0 unspecified atom stereocenters. The van der Waals surface area contributed by atoms with Crippen molar-refractivity contribution in [2.24, 2.45) is 0 Å². The summed E-state index contributed by atoms with van der Waals surface area (Å²) >= 11 is 0. The molecule has 1 aliphatic heterocycles. The number of nitrogens with one attached hydrogen (secondary N) is 2. The van der Waals surface area contributed by atoms with Crippen LogP contribution in [0.15, 0.2) is 54.9 Å². The van der Waals surface area contributed by atoms with Crippen molar-refractivity contribution in [1.82, 2.24) is 14.8 Å². The average molecular weight is 407 g/mol. The second kappa shape index (κ2) is 8.64. The predicted octanol–water partition coefficient (Wildman–Crippen LogP) is 2.63. The predicted molar refractivity (Wildman–Crippen MR) is 110 cm³/mol. The molecule has 0 aliphatic carbocycles. The van der Waals surface area contributed by atoms with E-state index in [1.165, 1.54) is 6.33 Å². The number of hydrogen-bond donors (Lipinski definition) is 2. The minimum atomic E-state index is -0.280. The van der Waals surface area contributed by atoms with E-state index in [2.05, 4.69) is 20.7 Å². The Bertz CT molecular complexity index is 1050. The summed E-state index contributed by atoms with van der Waals surface area (Å²) in [7, 11) is 0. The second-order valence-corrected chi connectivity index (χ2v) is 6.66. The Hall–Kier alpha value is -3.88. The number of amides is 2. The Morgan fingerprint density at radius 1 is 1.20 bits per heavy atom. The van der Waals surface area contributed by atoms with Crippen LogP contribution < -0.4 is 20.1 Å². The summed E-state index contributed by atoms with van der Waals surface area (Å²) in [5, 5.41) is 9.66. The van der Waals surface area contributed by atoms with Crippen molar-refractivity contribution in [1.29, 1.82) is 0 Å². The third-order valence-electron chi connectivity index (χ3n) is 4.56. The summed E-state index contributed by atoms with van der Waals surface area (Å²) in [6.07, 6.45) is 1.65. The number of benzene rings is 2. The van der Waals surface area contributed by atoms with Crippen LogP contribution in [0, 0.1) is 0 Å². The smallest absolute Gasteiger partial charge is 0.262 e. The van der Waals surface area contributed by atoms with Gasteiger partial charge in [0.15, 0.2) is 6.61 Å². The van der Waals surface area contributed by atoms with Crippen molar-refractivity contribution >= 4 is 23.5 Å². The van der Waals surface area contributed by atoms with Crippen LogP contribution in [0.2, 0.25) is 0 Å². The Morgan fingerprint density at radius 2 is 2.03 bits per heavy atom. The molecule has 1 atom stereocenters. The van der Waals surface area contributed by atoms with E-state index in [0.717, 1.165) is 11.3 Å². The lowest BCUT2D eigenvalue weighted by molar-refractivity contribution is -0.118. The van der Waals surface area contributed by atoms with Gasteiger partial charge >= 0.3 is 0 Å². The largest absolute Gasteiger partial charge is 0.494 e. The van der Waals surface area contributed by atoms with Gasteiger partial charge in [-0.25, -0.2) is 4.68 Å². The fraction of sp³-hybridized carbons (Fsp3) is 0.238. The molecule has 1 aromatic heterocycles. The van der Waals surface area contributed by atoms with E-state index in [4.69, 9.17) is 9.47 Å². The molecule has 2 amide bonds. The molecule has 0 saturated heterocycles. The molecule has 9 heteroatoms. The summed E-state index contributed by atoms with van der Waals surface area (Å²) in [4.78, 5) is 28.2.